The number of ketones is 1. The molecule has 0 aromatic carbocycles. The first-order chi connectivity index (χ1) is 11.6. The highest BCUT2D eigenvalue weighted by Gasteiger charge is 2.67. The lowest BCUT2D eigenvalue weighted by Crippen LogP contribution is -2.56. The molecule has 0 saturated heterocycles. The van der Waals surface area contributed by atoms with Crippen LogP contribution in [0.4, 0.5) is 0 Å². The van der Waals surface area contributed by atoms with Crippen LogP contribution >= 0.6 is 25.3 Å². The molecule has 140 valence electrons. The summed E-state index contributed by atoms with van der Waals surface area (Å²) in [6.07, 6.45) is 9.54. The van der Waals surface area contributed by atoms with Gasteiger partial charge in [0.05, 0.1) is 10.9 Å². The normalized spacial score (nSPS) is 55.0. The number of carbonyl (C=O) groups excluding carboxylic acids is 1. The Morgan fingerprint density at radius 1 is 1.24 bits per heavy atom. The van der Waals surface area contributed by atoms with Crippen LogP contribution in [0.1, 0.15) is 65.7 Å². The van der Waals surface area contributed by atoms with Crippen molar-refractivity contribution in [2.75, 3.05) is 0 Å². The highest BCUT2D eigenvalue weighted by Crippen LogP contribution is 2.69. The Kier molecular flexibility index (Phi) is 4.26. The molecule has 0 radical (unpaired) electrons. The zero-order valence-electron chi connectivity index (χ0n) is 15.7. The number of fused-ring (bicyclic) bond motifs is 5. The van der Waals surface area contributed by atoms with Crippen molar-refractivity contribution >= 4 is 31.0 Å². The Morgan fingerprint density at radius 3 is 2.64 bits per heavy atom. The minimum atomic E-state index is -0.598. The lowest BCUT2D eigenvalue weighted by atomic mass is 9.47. The first-order valence-electron chi connectivity index (χ1n) is 9.93. The van der Waals surface area contributed by atoms with Crippen LogP contribution in [0.15, 0.2) is 11.6 Å². The molecule has 0 heterocycles. The summed E-state index contributed by atoms with van der Waals surface area (Å²) < 4.78 is -0.598. The zero-order valence-corrected chi connectivity index (χ0v) is 17.5. The minimum Gasteiger partial charge on any atom is -0.393 e. The van der Waals surface area contributed by atoms with Crippen molar-refractivity contribution in [2.45, 2.75) is 81.8 Å². The number of Topliss-reactive ketones (excluding diaryl/α,β-unsaturated/α-hetero) is 1. The predicted molar refractivity (Wildman–Crippen MR) is 108 cm³/mol. The average Bonchev–Trinajstić information content (AvgIpc) is 2.77. The smallest absolute Gasteiger partial charge is 0.147 e. The number of aliphatic hydroxyl groups excluding tert-OH is 1. The van der Waals surface area contributed by atoms with Crippen molar-refractivity contribution in [3.05, 3.63) is 11.6 Å². The molecule has 25 heavy (non-hydrogen) atoms. The van der Waals surface area contributed by atoms with E-state index < -0.39 is 4.75 Å². The van der Waals surface area contributed by atoms with Crippen molar-refractivity contribution < 1.29 is 9.90 Å². The molecule has 3 saturated carbocycles. The van der Waals surface area contributed by atoms with E-state index in [1.807, 2.05) is 0 Å². The topological polar surface area (TPSA) is 37.3 Å². The van der Waals surface area contributed by atoms with Gasteiger partial charge in [-0.15, -0.1) is 0 Å². The molecule has 4 aliphatic carbocycles. The zero-order chi connectivity index (χ0) is 18.2. The number of hydrogen-bond donors (Lipinski definition) is 3. The van der Waals surface area contributed by atoms with E-state index in [9.17, 15) is 9.90 Å². The summed E-state index contributed by atoms with van der Waals surface area (Å²) in [4.78, 5) is 12.6. The second-order valence-corrected chi connectivity index (χ2v) is 11.0. The Labute approximate surface area is 163 Å². The summed E-state index contributed by atoms with van der Waals surface area (Å²) in [6, 6.07) is 0. The van der Waals surface area contributed by atoms with Gasteiger partial charge in [0, 0.05) is 5.25 Å². The first kappa shape index (κ1) is 18.4. The van der Waals surface area contributed by atoms with Crippen LogP contribution in [-0.2, 0) is 4.79 Å². The Bertz CT molecular complexity index is 631. The maximum Gasteiger partial charge on any atom is 0.147 e. The maximum absolute atomic E-state index is 12.6. The van der Waals surface area contributed by atoms with E-state index in [1.54, 1.807) is 6.92 Å². The SMILES string of the molecule is CC(=O)[C@@]1(S)[C@@H](S)CC2C3CC=C4CC(O)CCC4(C)C3CCC21C. The Balaban J connectivity index is 1.72. The molecule has 8 atom stereocenters. The van der Waals surface area contributed by atoms with Gasteiger partial charge in [0.1, 0.15) is 5.78 Å². The molecular weight excluding hydrogens is 348 g/mol. The van der Waals surface area contributed by atoms with Crippen molar-refractivity contribution in [2.24, 2.45) is 28.6 Å². The van der Waals surface area contributed by atoms with Gasteiger partial charge in [0.15, 0.2) is 0 Å². The van der Waals surface area contributed by atoms with E-state index in [0.29, 0.717) is 17.8 Å². The maximum atomic E-state index is 12.6. The van der Waals surface area contributed by atoms with Gasteiger partial charge in [-0.2, -0.15) is 25.3 Å². The molecule has 0 aliphatic heterocycles. The van der Waals surface area contributed by atoms with Gasteiger partial charge < -0.3 is 5.11 Å². The van der Waals surface area contributed by atoms with E-state index >= 15 is 0 Å². The number of allylic oxidation sites excluding steroid dienone is 1. The second kappa shape index (κ2) is 5.78. The fourth-order valence-corrected chi connectivity index (χ4v) is 8.39. The van der Waals surface area contributed by atoms with Gasteiger partial charge in [0.2, 0.25) is 0 Å². The summed E-state index contributed by atoms with van der Waals surface area (Å²) in [5.74, 6) is 2.03. The lowest BCUT2D eigenvalue weighted by Gasteiger charge is -2.59. The molecule has 0 amide bonds. The molecule has 4 rings (SSSR count). The van der Waals surface area contributed by atoms with Crippen LogP contribution in [0.5, 0.6) is 0 Å². The molecule has 0 aromatic rings. The largest absolute Gasteiger partial charge is 0.393 e. The van der Waals surface area contributed by atoms with Gasteiger partial charge >= 0.3 is 0 Å². The van der Waals surface area contributed by atoms with Gasteiger partial charge in [-0.25, -0.2) is 0 Å². The third-order valence-corrected chi connectivity index (χ3v) is 10.8. The summed E-state index contributed by atoms with van der Waals surface area (Å²) in [5, 5.41) is 10.2. The molecule has 3 fully saturated rings. The molecule has 4 heteroatoms. The van der Waals surface area contributed by atoms with Crippen molar-refractivity contribution in [3.8, 4) is 0 Å². The summed E-state index contributed by atoms with van der Waals surface area (Å²) in [7, 11) is 0. The Morgan fingerprint density at radius 2 is 1.96 bits per heavy atom. The third kappa shape index (κ3) is 2.26. The minimum absolute atomic E-state index is 0.0495. The fraction of sp³-hybridized carbons (Fsp3) is 0.857. The van der Waals surface area contributed by atoms with E-state index in [1.165, 1.54) is 12.0 Å². The highest BCUT2D eigenvalue weighted by molar-refractivity contribution is 7.86. The monoisotopic (exact) mass is 380 g/mol. The molecule has 1 N–H and O–H groups in total. The van der Waals surface area contributed by atoms with Crippen LogP contribution in [0.2, 0.25) is 0 Å². The van der Waals surface area contributed by atoms with Crippen LogP contribution in [-0.4, -0.2) is 27.0 Å². The van der Waals surface area contributed by atoms with Gasteiger partial charge in [-0.1, -0.05) is 25.5 Å². The van der Waals surface area contributed by atoms with Gasteiger partial charge in [-0.3, -0.25) is 4.79 Å². The van der Waals surface area contributed by atoms with E-state index in [-0.39, 0.29) is 28.0 Å². The number of thiol groups is 2. The molecule has 0 spiro atoms. The molecule has 2 nitrogen and oxygen atoms in total. The number of carbonyl (C=O) groups is 1. The molecule has 4 aliphatic rings. The number of aliphatic hydroxyl groups is 1. The van der Waals surface area contributed by atoms with Crippen LogP contribution in [0.25, 0.3) is 0 Å². The summed E-state index contributed by atoms with van der Waals surface area (Å²) >= 11 is 9.84. The molecule has 0 aromatic heterocycles. The van der Waals surface area contributed by atoms with E-state index in [2.05, 4.69) is 19.9 Å². The summed E-state index contributed by atoms with van der Waals surface area (Å²) in [6.45, 7) is 6.46. The van der Waals surface area contributed by atoms with Crippen LogP contribution in [0.3, 0.4) is 0 Å². The highest BCUT2D eigenvalue weighted by atomic mass is 32.1. The average molecular weight is 381 g/mol. The Hall–Kier alpha value is 0.0700. The van der Waals surface area contributed by atoms with Crippen molar-refractivity contribution in [1.82, 2.24) is 0 Å². The van der Waals surface area contributed by atoms with E-state index in [0.717, 1.165) is 38.5 Å². The van der Waals surface area contributed by atoms with E-state index in [4.69, 9.17) is 25.3 Å². The number of rotatable bonds is 1. The number of hydrogen-bond acceptors (Lipinski definition) is 4. The second-order valence-electron chi connectivity index (χ2n) is 9.69. The van der Waals surface area contributed by atoms with Gasteiger partial charge in [-0.05, 0) is 80.5 Å². The van der Waals surface area contributed by atoms with Crippen molar-refractivity contribution in [3.63, 3.8) is 0 Å². The van der Waals surface area contributed by atoms with Gasteiger partial charge in [0.25, 0.3) is 0 Å². The first-order valence-corrected chi connectivity index (χ1v) is 10.9. The fourth-order valence-electron chi connectivity index (χ4n) is 7.30. The standard InChI is InChI=1S/C21H32O2S2/c1-12(22)21(25)18(24)11-17-15-5-4-13-10-14(23)6-8-19(13,2)16(15)7-9-20(17,21)3/h4,14-18,23-25H,5-11H2,1-3H3/t14?,15?,16?,17?,18-,19?,20?,21+/m0/s1. The van der Waals surface area contributed by atoms with Crippen LogP contribution in [0, 0.1) is 28.6 Å². The third-order valence-electron chi connectivity index (χ3n) is 8.83. The molecule has 0 bridgehead atoms. The lowest BCUT2D eigenvalue weighted by molar-refractivity contribution is -0.124. The summed E-state index contributed by atoms with van der Waals surface area (Å²) in [5.41, 5.74) is 1.69. The van der Waals surface area contributed by atoms with Crippen LogP contribution < -0.4 is 0 Å². The van der Waals surface area contributed by atoms with Crippen molar-refractivity contribution in [1.29, 1.82) is 0 Å². The predicted octanol–water partition coefficient (Wildman–Crippen LogP) is 4.48. The molecule has 6 unspecified atom stereocenters. The quantitative estimate of drug-likeness (QED) is 0.463. The molecular formula is C21H32O2S2.